The van der Waals surface area contributed by atoms with E-state index >= 15 is 0 Å². The molecule has 26 heavy (non-hydrogen) atoms. The zero-order chi connectivity index (χ0) is 18.3. The molecule has 0 fully saturated rings. The second-order valence-corrected chi connectivity index (χ2v) is 7.36. The van der Waals surface area contributed by atoms with Crippen LogP contribution in [0.25, 0.3) is 10.8 Å². The molecule has 1 aliphatic rings. The van der Waals surface area contributed by atoms with Crippen LogP contribution in [0.5, 0.6) is 0 Å². The van der Waals surface area contributed by atoms with E-state index in [0.29, 0.717) is 11.9 Å². The third kappa shape index (κ3) is 2.84. The molecule has 3 aromatic carbocycles. The molecule has 3 heteroatoms. The molecule has 0 bridgehead atoms. The number of aliphatic imine (C=N–C) groups is 1. The Labute approximate surface area is 155 Å². The fourth-order valence-corrected chi connectivity index (χ4v) is 3.81. The maximum Gasteiger partial charge on any atom is 0.200 e. The lowest BCUT2D eigenvalue weighted by Gasteiger charge is -2.21. The highest BCUT2D eigenvalue weighted by Crippen LogP contribution is 2.36. The third-order valence-corrected chi connectivity index (χ3v) is 5.34. The Bertz CT molecular complexity index is 991. The highest BCUT2D eigenvalue weighted by Gasteiger charge is 2.18. The second kappa shape index (κ2) is 6.49. The Hall–Kier alpha value is -2.81. The minimum Gasteiger partial charge on any atom is -0.369 e. The zero-order valence-electron chi connectivity index (χ0n) is 15.7. The summed E-state index contributed by atoms with van der Waals surface area (Å²) < 4.78 is 0. The largest absolute Gasteiger partial charge is 0.369 e. The van der Waals surface area contributed by atoms with Crippen LogP contribution in [-0.2, 0) is 12.8 Å². The van der Waals surface area contributed by atoms with Crippen LogP contribution in [0.1, 0.15) is 36.5 Å². The molecule has 0 amide bonds. The molecule has 0 aromatic heterocycles. The summed E-state index contributed by atoms with van der Waals surface area (Å²) in [5.74, 6) is 0.977. The molecule has 0 spiro atoms. The Kier molecular flexibility index (Phi) is 4.15. The maximum absolute atomic E-state index is 6.37. The van der Waals surface area contributed by atoms with Gasteiger partial charge in [-0.1, -0.05) is 50.2 Å². The molecule has 1 aliphatic carbocycles. The molecule has 0 heterocycles. The lowest BCUT2D eigenvalue weighted by molar-refractivity contribution is 0.867. The van der Waals surface area contributed by atoms with Gasteiger partial charge in [0.2, 0.25) is 5.96 Å². The maximum atomic E-state index is 6.37. The summed E-state index contributed by atoms with van der Waals surface area (Å²) in [6, 6.07) is 19.2. The van der Waals surface area contributed by atoms with Crippen LogP contribution < -0.4 is 10.6 Å². The van der Waals surface area contributed by atoms with E-state index in [0.717, 1.165) is 24.2 Å². The van der Waals surface area contributed by atoms with Gasteiger partial charge in [-0.3, -0.25) is 0 Å². The first-order valence-electron chi connectivity index (χ1n) is 9.26. The first-order valence-corrected chi connectivity index (χ1v) is 9.26. The van der Waals surface area contributed by atoms with Gasteiger partial charge in [-0.15, -0.1) is 0 Å². The molecule has 4 rings (SSSR count). The highest BCUT2D eigenvalue weighted by molar-refractivity contribution is 6.07. The van der Waals surface area contributed by atoms with E-state index in [1.165, 1.54) is 27.5 Å². The number of anilines is 1. The normalized spacial score (nSPS) is 13.6. The van der Waals surface area contributed by atoms with Gasteiger partial charge in [0.05, 0.1) is 11.4 Å². The molecule has 3 aromatic rings. The number of hydrogen-bond acceptors (Lipinski definition) is 1. The molecular formula is C23H25N3. The van der Waals surface area contributed by atoms with Gasteiger partial charge >= 0.3 is 0 Å². The summed E-state index contributed by atoms with van der Waals surface area (Å²) >= 11 is 0. The summed E-state index contributed by atoms with van der Waals surface area (Å²) in [5.41, 5.74) is 12.5. The average molecular weight is 343 g/mol. The molecule has 0 saturated heterocycles. The smallest absolute Gasteiger partial charge is 0.200 e. The summed E-state index contributed by atoms with van der Waals surface area (Å²) in [6.45, 7) is 4.37. The number of guanidine groups is 1. The summed E-state index contributed by atoms with van der Waals surface area (Å²) in [4.78, 5) is 6.66. The summed E-state index contributed by atoms with van der Waals surface area (Å²) in [7, 11) is 1.99. The monoisotopic (exact) mass is 343 g/mol. The zero-order valence-corrected chi connectivity index (χ0v) is 15.7. The third-order valence-electron chi connectivity index (χ3n) is 5.34. The SMILES string of the molecule is CC(C)c1cccc(N=C(N)N(C)c2ccc3c4c(cccc24)CC3)c1. The molecule has 0 radical (unpaired) electrons. The number of benzene rings is 3. The highest BCUT2D eigenvalue weighted by atomic mass is 15.2. The lowest BCUT2D eigenvalue weighted by atomic mass is 10.0. The van der Waals surface area contributed by atoms with E-state index in [1.54, 1.807) is 0 Å². The van der Waals surface area contributed by atoms with Gasteiger partial charge in [-0.2, -0.15) is 0 Å². The first-order chi connectivity index (χ1) is 12.5. The van der Waals surface area contributed by atoms with Gasteiger partial charge in [0, 0.05) is 12.4 Å². The summed E-state index contributed by atoms with van der Waals surface area (Å²) in [6.07, 6.45) is 2.26. The van der Waals surface area contributed by atoms with E-state index in [1.807, 2.05) is 24.1 Å². The van der Waals surface area contributed by atoms with Crippen LogP contribution >= 0.6 is 0 Å². The number of nitrogens with two attached hydrogens (primary N) is 1. The average Bonchev–Trinajstić information content (AvgIpc) is 3.07. The molecule has 0 aliphatic heterocycles. The van der Waals surface area contributed by atoms with E-state index in [4.69, 9.17) is 5.73 Å². The summed E-state index contributed by atoms with van der Waals surface area (Å²) in [5, 5.41) is 2.65. The molecule has 2 N–H and O–H groups in total. The van der Waals surface area contributed by atoms with Crippen LogP contribution in [0, 0.1) is 0 Å². The van der Waals surface area contributed by atoms with Crippen molar-refractivity contribution in [2.45, 2.75) is 32.6 Å². The Balaban J connectivity index is 1.73. The van der Waals surface area contributed by atoms with E-state index in [-0.39, 0.29) is 0 Å². The molecule has 3 nitrogen and oxygen atoms in total. The van der Waals surface area contributed by atoms with Gasteiger partial charge in [-0.05, 0) is 59.0 Å². The van der Waals surface area contributed by atoms with Gasteiger partial charge in [0.25, 0.3) is 0 Å². The second-order valence-electron chi connectivity index (χ2n) is 7.36. The van der Waals surface area contributed by atoms with Crippen molar-refractivity contribution < 1.29 is 0 Å². The van der Waals surface area contributed by atoms with Crippen molar-refractivity contribution in [3.63, 3.8) is 0 Å². The number of hydrogen-bond donors (Lipinski definition) is 1. The fraction of sp³-hybridized carbons (Fsp3) is 0.261. The Morgan fingerprint density at radius 2 is 1.73 bits per heavy atom. The van der Waals surface area contributed by atoms with Crippen LogP contribution in [0.15, 0.2) is 59.6 Å². The van der Waals surface area contributed by atoms with Crippen LogP contribution in [0.2, 0.25) is 0 Å². The van der Waals surface area contributed by atoms with Crippen molar-refractivity contribution in [2.24, 2.45) is 10.7 Å². The van der Waals surface area contributed by atoms with Gasteiger partial charge in [-0.25, -0.2) is 4.99 Å². The molecule has 0 unspecified atom stereocenters. The van der Waals surface area contributed by atoms with E-state index < -0.39 is 0 Å². The number of rotatable bonds is 3. The fourth-order valence-electron chi connectivity index (χ4n) is 3.81. The van der Waals surface area contributed by atoms with Gasteiger partial charge in [0.15, 0.2) is 0 Å². The predicted molar refractivity (Wildman–Crippen MR) is 112 cm³/mol. The van der Waals surface area contributed by atoms with E-state index in [9.17, 15) is 0 Å². The molecule has 0 saturated carbocycles. The Morgan fingerprint density at radius 3 is 2.50 bits per heavy atom. The van der Waals surface area contributed by atoms with Crippen LogP contribution in [0.4, 0.5) is 11.4 Å². The Morgan fingerprint density at radius 1 is 1.00 bits per heavy atom. The standard InChI is InChI=1S/C23H25N3/c1-15(2)18-7-4-8-19(14-18)25-23(24)26(3)21-13-12-17-11-10-16-6-5-9-20(21)22(16)17/h4-9,12-15H,10-11H2,1-3H3,(H2,24,25). The quantitative estimate of drug-likeness (QED) is 0.528. The number of aryl methyl sites for hydroxylation is 2. The number of nitrogens with zero attached hydrogens (tertiary/aromatic N) is 2. The predicted octanol–water partition coefficient (Wildman–Crippen LogP) is 5.14. The minimum absolute atomic E-state index is 0.473. The lowest BCUT2D eigenvalue weighted by Crippen LogP contribution is -2.33. The van der Waals surface area contributed by atoms with Gasteiger partial charge in [0.1, 0.15) is 0 Å². The van der Waals surface area contributed by atoms with Crippen LogP contribution in [0.3, 0.4) is 0 Å². The topological polar surface area (TPSA) is 41.6 Å². The van der Waals surface area contributed by atoms with Crippen molar-refractivity contribution in [1.29, 1.82) is 0 Å². The van der Waals surface area contributed by atoms with Crippen molar-refractivity contribution in [3.8, 4) is 0 Å². The van der Waals surface area contributed by atoms with Crippen molar-refractivity contribution in [1.82, 2.24) is 0 Å². The van der Waals surface area contributed by atoms with E-state index in [2.05, 4.69) is 61.3 Å². The van der Waals surface area contributed by atoms with Crippen molar-refractivity contribution in [3.05, 3.63) is 71.3 Å². The minimum atomic E-state index is 0.473. The van der Waals surface area contributed by atoms with Crippen LogP contribution in [-0.4, -0.2) is 13.0 Å². The molecule has 132 valence electrons. The van der Waals surface area contributed by atoms with Gasteiger partial charge < -0.3 is 10.6 Å². The first kappa shape index (κ1) is 16.6. The molecule has 0 atom stereocenters. The van der Waals surface area contributed by atoms with Crippen molar-refractivity contribution >= 4 is 28.1 Å². The van der Waals surface area contributed by atoms with Crippen molar-refractivity contribution in [2.75, 3.05) is 11.9 Å². The molecular weight excluding hydrogens is 318 g/mol.